The topological polar surface area (TPSA) is 62.3 Å². The summed E-state index contributed by atoms with van der Waals surface area (Å²) in [5, 5.41) is 3.73. The van der Waals surface area contributed by atoms with E-state index in [0.29, 0.717) is 29.7 Å². The molecule has 0 unspecified atom stereocenters. The van der Waals surface area contributed by atoms with E-state index in [9.17, 15) is 22.8 Å². The molecule has 8 heteroatoms. The number of carbonyl (C=O) groups is 2. The number of nitrogens with one attached hydrogen (secondary N) is 1. The van der Waals surface area contributed by atoms with Gasteiger partial charge in [0.05, 0.1) is 16.8 Å². The number of rotatable bonds is 5. The molecular formula is C26H24F3N3O2. The van der Waals surface area contributed by atoms with E-state index in [1.54, 1.807) is 18.3 Å². The summed E-state index contributed by atoms with van der Waals surface area (Å²) in [6, 6.07) is 12.4. The van der Waals surface area contributed by atoms with Gasteiger partial charge in [-0.2, -0.15) is 13.2 Å². The number of nitrogens with zero attached hydrogens (tertiary/aromatic N) is 2. The minimum Gasteiger partial charge on any atom is -0.322 e. The van der Waals surface area contributed by atoms with Crippen molar-refractivity contribution in [2.24, 2.45) is 0 Å². The molecule has 0 atom stereocenters. The Morgan fingerprint density at radius 3 is 2.74 bits per heavy atom. The fourth-order valence-corrected chi connectivity index (χ4v) is 4.04. The number of hydrogen-bond donors (Lipinski definition) is 1. The van der Waals surface area contributed by atoms with Crippen molar-refractivity contribution >= 4 is 39.7 Å². The molecule has 2 heterocycles. The second kappa shape index (κ2) is 9.67. The lowest BCUT2D eigenvalue weighted by Gasteiger charge is -2.32. The highest BCUT2D eigenvalue weighted by Gasteiger charge is 2.34. The third kappa shape index (κ3) is 5.11. The van der Waals surface area contributed by atoms with Crippen molar-refractivity contribution < 1.29 is 22.8 Å². The van der Waals surface area contributed by atoms with Crippen LogP contribution in [0.1, 0.15) is 43.7 Å². The Kier molecular flexibility index (Phi) is 6.68. The lowest BCUT2D eigenvalue weighted by atomic mass is 9.93. The fraction of sp³-hybridized carbons (Fsp3) is 0.269. The van der Waals surface area contributed by atoms with Crippen molar-refractivity contribution in [3.63, 3.8) is 0 Å². The van der Waals surface area contributed by atoms with Crippen LogP contribution in [0.3, 0.4) is 0 Å². The van der Waals surface area contributed by atoms with Crippen LogP contribution in [0.5, 0.6) is 0 Å². The van der Waals surface area contributed by atoms with Crippen LogP contribution in [-0.4, -0.2) is 23.3 Å². The molecule has 0 fully saturated rings. The van der Waals surface area contributed by atoms with Crippen LogP contribution >= 0.6 is 0 Å². The van der Waals surface area contributed by atoms with Crippen LogP contribution < -0.4 is 10.2 Å². The van der Waals surface area contributed by atoms with Crippen LogP contribution in [0.2, 0.25) is 0 Å². The van der Waals surface area contributed by atoms with Gasteiger partial charge in [0.2, 0.25) is 11.8 Å². The Balaban J connectivity index is 1.63. The number of fused-ring (bicyclic) bond motifs is 2. The molecule has 0 radical (unpaired) electrons. The second-order valence-electron chi connectivity index (χ2n) is 8.20. The highest BCUT2D eigenvalue weighted by atomic mass is 19.4. The molecule has 2 amide bonds. The van der Waals surface area contributed by atoms with Gasteiger partial charge < -0.3 is 10.2 Å². The first-order chi connectivity index (χ1) is 16.3. The van der Waals surface area contributed by atoms with Crippen molar-refractivity contribution in [1.29, 1.82) is 0 Å². The lowest BCUT2D eigenvalue weighted by Crippen LogP contribution is -2.35. The molecule has 4 rings (SSSR count). The van der Waals surface area contributed by atoms with Crippen molar-refractivity contribution in [2.75, 3.05) is 16.8 Å². The summed E-state index contributed by atoms with van der Waals surface area (Å²) in [7, 11) is 0. The quantitative estimate of drug-likeness (QED) is 0.454. The molecule has 34 heavy (non-hydrogen) atoms. The van der Waals surface area contributed by atoms with E-state index in [1.165, 1.54) is 17.0 Å². The third-order valence-electron chi connectivity index (χ3n) is 5.79. The molecule has 0 aliphatic carbocycles. The zero-order valence-corrected chi connectivity index (χ0v) is 18.7. The predicted molar refractivity (Wildman–Crippen MR) is 126 cm³/mol. The molecule has 1 aliphatic heterocycles. The molecule has 1 aliphatic rings. The molecule has 0 saturated heterocycles. The Bertz CT molecular complexity index is 1270. The fourth-order valence-electron chi connectivity index (χ4n) is 4.04. The average Bonchev–Trinajstić information content (AvgIpc) is 2.81. The monoisotopic (exact) mass is 467 g/mol. The maximum atomic E-state index is 13.4. The summed E-state index contributed by atoms with van der Waals surface area (Å²) in [5.41, 5.74) is 1.70. The molecule has 5 nitrogen and oxygen atoms in total. The normalized spacial score (nSPS) is 14.8. The van der Waals surface area contributed by atoms with E-state index in [4.69, 9.17) is 0 Å². The van der Waals surface area contributed by atoms with Gasteiger partial charge in [-0.3, -0.25) is 14.6 Å². The van der Waals surface area contributed by atoms with Gasteiger partial charge in [-0.25, -0.2) is 0 Å². The predicted octanol–water partition coefficient (Wildman–Crippen LogP) is 6.20. The Morgan fingerprint density at radius 1 is 1.15 bits per heavy atom. The Morgan fingerprint density at radius 2 is 1.97 bits per heavy atom. The number of aromatic nitrogens is 1. The van der Waals surface area contributed by atoms with Crippen LogP contribution in [0, 0.1) is 0 Å². The zero-order valence-electron chi connectivity index (χ0n) is 18.7. The number of alkyl halides is 3. The standard InChI is InChI=1S/C26H24F3N3O2/c1-2-3-6-25(34)32-13-11-18(21-10-8-19(15-23(21)32)26(27,28)29)14-24(33)31-20-9-7-17-5-4-12-30-22(17)16-20/h4-5,7-10,12,14-16H,2-3,6,11,13H2,1H3,(H,31,33)/b18-14+. The van der Waals surface area contributed by atoms with Crippen LogP contribution in [-0.2, 0) is 15.8 Å². The maximum absolute atomic E-state index is 13.4. The molecule has 2 aromatic carbocycles. The minimum atomic E-state index is -4.53. The summed E-state index contributed by atoms with van der Waals surface area (Å²) in [6.45, 7) is 2.17. The number of benzene rings is 2. The average molecular weight is 467 g/mol. The minimum absolute atomic E-state index is 0.191. The summed E-state index contributed by atoms with van der Waals surface area (Å²) in [5.74, 6) is -0.614. The summed E-state index contributed by atoms with van der Waals surface area (Å²) >= 11 is 0. The molecular weight excluding hydrogens is 443 g/mol. The Labute approximate surface area is 195 Å². The van der Waals surface area contributed by atoms with Gasteiger partial charge >= 0.3 is 6.18 Å². The van der Waals surface area contributed by atoms with Gasteiger partial charge in [-0.15, -0.1) is 0 Å². The molecule has 0 saturated carbocycles. The number of pyridine rings is 1. The number of unbranched alkanes of at least 4 members (excludes halogenated alkanes) is 1. The first kappa shape index (κ1) is 23.5. The molecule has 1 aromatic heterocycles. The molecule has 0 bridgehead atoms. The second-order valence-corrected chi connectivity index (χ2v) is 8.20. The SMILES string of the molecule is CCCCC(=O)N1CC/C(=C\C(=O)Nc2ccc3cccnc3c2)c2ccc(C(F)(F)F)cc21. The number of halogens is 3. The zero-order chi connectivity index (χ0) is 24.3. The number of anilines is 2. The molecule has 3 aromatic rings. The van der Waals surface area contributed by atoms with Crippen molar-refractivity contribution in [2.45, 2.75) is 38.8 Å². The third-order valence-corrected chi connectivity index (χ3v) is 5.79. The van der Waals surface area contributed by atoms with E-state index in [1.807, 2.05) is 25.1 Å². The van der Waals surface area contributed by atoms with Crippen LogP contribution in [0.15, 0.2) is 60.8 Å². The van der Waals surface area contributed by atoms with Crippen LogP contribution in [0.25, 0.3) is 16.5 Å². The highest BCUT2D eigenvalue weighted by Crippen LogP contribution is 2.40. The largest absolute Gasteiger partial charge is 0.416 e. The number of amides is 2. The van der Waals surface area contributed by atoms with Crippen molar-refractivity contribution in [1.82, 2.24) is 4.98 Å². The van der Waals surface area contributed by atoms with Gasteiger partial charge in [0.1, 0.15) is 0 Å². The smallest absolute Gasteiger partial charge is 0.322 e. The molecule has 0 spiro atoms. The van der Waals surface area contributed by atoms with Gasteiger partial charge in [0, 0.05) is 41.9 Å². The number of hydrogen-bond acceptors (Lipinski definition) is 3. The Hall–Kier alpha value is -3.68. The summed E-state index contributed by atoms with van der Waals surface area (Å²) < 4.78 is 40.1. The first-order valence-corrected chi connectivity index (χ1v) is 11.1. The van der Waals surface area contributed by atoms with E-state index in [0.717, 1.165) is 29.5 Å². The van der Waals surface area contributed by atoms with E-state index >= 15 is 0 Å². The van der Waals surface area contributed by atoms with Gasteiger partial charge in [0.15, 0.2) is 0 Å². The summed E-state index contributed by atoms with van der Waals surface area (Å²) in [4.78, 5) is 31.1. The van der Waals surface area contributed by atoms with E-state index < -0.39 is 17.6 Å². The summed E-state index contributed by atoms with van der Waals surface area (Å²) in [6.07, 6.45) is 0.626. The van der Waals surface area contributed by atoms with Crippen LogP contribution in [0.4, 0.5) is 24.5 Å². The highest BCUT2D eigenvalue weighted by molar-refractivity contribution is 6.07. The van der Waals surface area contributed by atoms with Gasteiger partial charge in [-0.1, -0.05) is 31.5 Å². The first-order valence-electron chi connectivity index (χ1n) is 11.1. The van der Waals surface area contributed by atoms with E-state index in [-0.39, 0.29) is 24.6 Å². The maximum Gasteiger partial charge on any atom is 0.416 e. The molecule has 1 N–H and O–H groups in total. The number of carbonyl (C=O) groups excluding carboxylic acids is 2. The van der Waals surface area contributed by atoms with Crippen molar-refractivity contribution in [3.05, 3.63) is 71.9 Å². The van der Waals surface area contributed by atoms with Gasteiger partial charge in [-0.05, 0) is 48.7 Å². The van der Waals surface area contributed by atoms with Gasteiger partial charge in [0.25, 0.3) is 0 Å². The lowest BCUT2D eigenvalue weighted by molar-refractivity contribution is -0.137. The van der Waals surface area contributed by atoms with Crippen molar-refractivity contribution in [3.8, 4) is 0 Å². The molecule has 176 valence electrons. The van der Waals surface area contributed by atoms with E-state index in [2.05, 4.69) is 10.3 Å².